The van der Waals surface area contributed by atoms with Gasteiger partial charge in [-0.25, -0.2) is 4.79 Å². The molecule has 1 N–H and O–H groups in total. The molecule has 0 amide bonds. The monoisotopic (exact) mass is 197 g/mol. The van der Waals surface area contributed by atoms with E-state index in [2.05, 4.69) is 10.4 Å². The highest BCUT2D eigenvalue weighted by molar-refractivity contribution is 5.77. The largest absolute Gasteiger partial charge is 0.465 e. The van der Waals surface area contributed by atoms with Crippen molar-refractivity contribution in [1.29, 1.82) is 0 Å². The molecule has 1 unspecified atom stereocenters. The number of nitrogens with zero attached hydrogens (tertiary/aromatic N) is 2. The van der Waals surface area contributed by atoms with Crippen LogP contribution in [0, 0.1) is 0 Å². The number of carbonyl (C=O) groups is 1. The number of rotatable bonds is 4. The van der Waals surface area contributed by atoms with Crippen LogP contribution in [0.25, 0.3) is 0 Å². The van der Waals surface area contributed by atoms with Gasteiger partial charge in [0.2, 0.25) is 0 Å². The lowest BCUT2D eigenvalue weighted by molar-refractivity contribution is -0.145. The Morgan fingerprint density at radius 3 is 2.93 bits per heavy atom. The Balaban J connectivity index is 2.76. The number of ether oxygens (including phenoxy) is 1. The van der Waals surface area contributed by atoms with Crippen molar-refractivity contribution < 1.29 is 9.53 Å². The predicted molar refractivity (Wildman–Crippen MR) is 51.6 cm³/mol. The average Bonchev–Trinajstić information content (AvgIpc) is 2.54. The Morgan fingerprint density at radius 1 is 1.79 bits per heavy atom. The van der Waals surface area contributed by atoms with E-state index in [1.54, 1.807) is 38.1 Å². The third-order valence-corrected chi connectivity index (χ3v) is 1.87. The van der Waals surface area contributed by atoms with Gasteiger partial charge in [-0.2, -0.15) is 5.10 Å². The number of nitrogens with one attached hydrogen (secondary N) is 1. The first-order chi connectivity index (χ1) is 6.69. The highest BCUT2D eigenvalue weighted by Crippen LogP contribution is 2.12. The van der Waals surface area contributed by atoms with Crippen molar-refractivity contribution in [1.82, 2.24) is 15.1 Å². The fourth-order valence-corrected chi connectivity index (χ4v) is 1.24. The van der Waals surface area contributed by atoms with Crippen LogP contribution >= 0.6 is 0 Å². The van der Waals surface area contributed by atoms with Gasteiger partial charge < -0.3 is 10.1 Å². The molecule has 14 heavy (non-hydrogen) atoms. The van der Waals surface area contributed by atoms with E-state index in [4.69, 9.17) is 4.74 Å². The number of esters is 1. The molecule has 0 spiro atoms. The maximum Gasteiger partial charge on any atom is 0.327 e. The molecule has 0 aliphatic rings. The van der Waals surface area contributed by atoms with Crippen LogP contribution in [-0.2, 0) is 16.6 Å². The topological polar surface area (TPSA) is 56.1 Å². The van der Waals surface area contributed by atoms with Crippen molar-refractivity contribution in [2.24, 2.45) is 7.05 Å². The zero-order valence-corrected chi connectivity index (χ0v) is 8.65. The zero-order chi connectivity index (χ0) is 10.6. The van der Waals surface area contributed by atoms with Gasteiger partial charge in [0.25, 0.3) is 0 Å². The molecule has 5 heteroatoms. The van der Waals surface area contributed by atoms with Gasteiger partial charge in [0, 0.05) is 18.8 Å². The highest BCUT2D eigenvalue weighted by Gasteiger charge is 2.20. The van der Waals surface area contributed by atoms with Crippen LogP contribution in [0.4, 0.5) is 0 Å². The van der Waals surface area contributed by atoms with Gasteiger partial charge in [0.1, 0.15) is 6.04 Å². The molecule has 0 radical (unpaired) electrons. The normalized spacial score (nSPS) is 12.5. The Bertz CT molecular complexity index is 309. The molecule has 5 nitrogen and oxygen atoms in total. The molecule has 1 aromatic rings. The van der Waals surface area contributed by atoms with E-state index >= 15 is 0 Å². The fraction of sp³-hybridized carbons (Fsp3) is 0.556. The Labute approximate surface area is 83.1 Å². The average molecular weight is 197 g/mol. The van der Waals surface area contributed by atoms with E-state index in [-0.39, 0.29) is 5.97 Å². The molecule has 78 valence electrons. The molecular formula is C9H15N3O2. The fourth-order valence-electron chi connectivity index (χ4n) is 1.24. The minimum Gasteiger partial charge on any atom is -0.465 e. The Hall–Kier alpha value is -1.36. The van der Waals surface area contributed by atoms with Crippen molar-refractivity contribution in [3.63, 3.8) is 0 Å². The summed E-state index contributed by atoms with van der Waals surface area (Å²) < 4.78 is 6.57. The van der Waals surface area contributed by atoms with Crippen LogP contribution in [0.1, 0.15) is 18.5 Å². The molecule has 1 rings (SSSR count). The lowest BCUT2D eigenvalue weighted by Gasteiger charge is -2.12. The maximum atomic E-state index is 11.5. The van der Waals surface area contributed by atoms with E-state index in [1.165, 1.54) is 0 Å². The Kier molecular flexibility index (Phi) is 3.64. The van der Waals surface area contributed by atoms with Gasteiger partial charge in [0.15, 0.2) is 0 Å². The van der Waals surface area contributed by atoms with Crippen LogP contribution in [-0.4, -0.2) is 29.4 Å². The minimum atomic E-state index is -0.427. The number of hydrogen-bond acceptors (Lipinski definition) is 4. The number of carbonyl (C=O) groups excluding carboxylic acids is 1. The van der Waals surface area contributed by atoms with Crippen LogP contribution in [0.2, 0.25) is 0 Å². The third-order valence-electron chi connectivity index (χ3n) is 1.87. The van der Waals surface area contributed by atoms with Gasteiger partial charge in [0.05, 0.1) is 12.8 Å². The molecule has 0 bridgehead atoms. The van der Waals surface area contributed by atoms with Crippen molar-refractivity contribution in [2.45, 2.75) is 13.0 Å². The summed E-state index contributed by atoms with van der Waals surface area (Å²) >= 11 is 0. The molecule has 0 saturated carbocycles. The van der Waals surface area contributed by atoms with Crippen LogP contribution in [0.5, 0.6) is 0 Å². The van der Waals surface area contributed by atoms with Crippen LogP contribution < -0.4 is 5.32 Å². The SMILES string of the molecule is CCOC(=O)C(NC)c1cnn(C)c1. The molecule has 1 aromatic heterocycles. The van der Waals surface area contributed by atoms with Crippen molar-refractivity contribution in [3.05, 3.63) is 18.0 Å². The van der Waals surface area contributed by atoms with E-state index in [1.807, 2.05) is 0 Å². The molecule has 1 heterocycles. The lowest BCUT2D eigenvalue weighted by atomic mass is 10.2. The van der Waals surface area contributed by atoms with Gasteiger partial charge in [-0.05, 0) is 14.0 Å². The predicted octanol–water partition coefficient (Wildman–Crippen LogP) is 0.244. The van der Waals surface area contributed by atoms with E-state index < -0.39 is 6.04 Å². The molecule has 0 saturated heterocycles. The number of likely N-dealkylation sites (N-methyl/N-ethyl adjacent to an activating group) is 1. The van der Waals surface area contributed by atoms with E-state index in [0.717, 1.165) is 5.56 Å². The molecule has 0 aliphatic carbocycles. The third kappa shape index (κ3) is 2.32. The summed E-state index contributed by atoms with van der Waals surface area (Å²) in [5, 5.41) is 6.89. The second-order valence-corrected chi connectivity index (χ2v) is 2.92. The van der Waals surface area contributed by atoms with Crippen molar-refractivity contribution >= 4 is 5.97 Å². The second-order valence-electron chi connectivity index (χ2n) is 2.92. The summed E-state index contributed by atoms with van der Waals surface area (Å²) in [5.41, 5.74) is 0.813. The van der Waals surface area contributed by atoms with Gasteiger partial charge in [-0.3, -0.25) is 4.68 Å². The maximum absolute atomic E-state index is 11.5. The van der Waals surface area contributed by atoms with Gasteiger partial charge >= 0.3 is 5.97 Å². The summed E-state index contributed by atoms with van der Waals surface area (Å²) in [4.78, 5) is 11.5. The van der Waals surface area contributed by atoms with Crippen LogP contribution in [0.3, 0.4) is 0 Å². The zero-order valence-electron chi connectivity index (χ0n) is 8.65. The summed E-state index contributed by atoms with van der Waals surface area (Å²) in [6, 6.07) is -0.427. The summed E-state index contributed by atoms with van der Waals surface area (Å²) in [5.74, 6) is -0.275. The first-order valence-corrected chi connectivity index (χ1v) is 4.51. The molecule has 0 aliphatic heterocycles. The van der Waals surface area contributed by atoms with E-state index in [0.29, 0.717) is 6.61 Å². The number of hydrogen-bond donors (Lipinski definition) is 1. The van der Waals surface area contributed by atoms with Crippen LogP contribution in [0.15, 0.2) is 12.4 Å². The summed E-state index contributed by atoms with van der Waals surface area (Å²) in [7, 11) is 3.52. The van der Waals surface area contributed by atoms with Crippen molar-refractivity contribution in [2.75, 3.05) is 13.7 Å². The first kappa shape index (κ1) is 10.7. The second kappa shape index (κ2) is 4.76. The van der Waals surface area contributed by atoms with Crippen molar-refractivity contribution in [3.8, 4) is 0 Å². The highest BCUT2D eigenvalue weighted by atomic mass is 16.5. The first-order valence-electron chi connectivity index (χ1n) is 4.51. The Morgan fingerprint density at radius 2 is 2.50 bits per heavy atom. The molecule has 0 fully saturated rings. The molecule has 1 atom stereocenters. The number of aromatic nitrogens is 2. The quantitative estimate of drug-likeness (QED) is 0.703. The standard InChI is InChI=1S/C9H15N3O2/c1-4-14-9(13)8(10-2)7-5-11-12(3)6-7/h5-6,8,10H,4H2,1-3H3. The smallest absolute Gasteiger partial charge is 0.327 e. The van der Waals surface area contributed by atoms with Gasteiger partial charge in [-0.1, -0.05) is 0 Å². The minimum absolute atomic E-state index is 0.275. The van der Waals surface area contributed by atoms with Gasteiger partial charge in [-0.15, -0.1) is 0 Å². The number of aryl methyl sites for hydroxylation is 1. The van der Waals surface area contributed by atoms with E-state index in [9.17, 15) is 4.79 Å². The molecule has 0 aromatic carbocycles. The summed E-state index contributed by atoms with van der Waals surface area (Å²) in [6.07, 6.45) is 3.44. The molecular weight excluding hydrogens is 182 g/mol. The lowest BCUT2D eigenvalue weighted by Crippen LogP contribution is -2.26. The summed E-state index contributed by atoms with van der Waals surface area (Å²) in [6.45, 7) is 2.17.